The largest absolute Gasteiger partial charge is 0.444 e. The van der Waals surface area contributed by atoms with E-state index >= 15 is 0 Å². The Balaban J connectivity index is 1.39. The van der Waals surface area contributed by atoms with Crippen LogP contribution in [0.15, 0.2) is 36.7 Å². The van der Waals surface area contributed by atoms with Crippen LogP contribution in [0.2, 0.25) is 5.02 Å². The van der Waals surface area contributed by atoms with E-state index in [2.05, 4.69) is 9.97 Å². The summed E-state index contributed by atoms with van der Waals surface area (Å²) in [6, 6.07) is 7.75. The van der Waals surface area contributed by atoms with Gasteiger partial charge in [0.2, 0.25) is 5.91 Å². The monoisotopic (exact) mass is 466 g/mol. The Bertz CT molecular complexity index is 1240. The van der Waals surface area contributed by atoms with Crippen LogP contribution in [-0.4, -0.2) is 52.1 Å². The number of H-pyrrole nitrogens is 1. The van der Waals surface area contributed by atoms with Crippen LogP contribution in [-0.2, 0) is 9.53 Å². The number of hydrogen-bond acceptors (Lipinski definition) is 4. The topological polar surface area (TPSA) is 78.5 Å². The molecule has 1 saturated carbocycles. The second kappa shape index (κ2) is 8.06. The van der Waals surface area contributed by atoms with Gasteiger partial charge in [0.1, 0.15) is 17.8 Å². The first kappa shape index (κ1) is 21.8. The molecule has 1 aliphatic carbocycles. The van der Waals surface area contributed by atoms with Crippen LogP contribution >= 0.6 is 11.6 Å². The highest BCUT2D eigenvalue weighted by molar-refractivity contribution is 6.38. The van der Waals surface area contributed by atoms with E-state index in [1.54, 1.807) is 11.1 Å². The van der Waals surface area contributed by atoms with Crippen molar-refractivity contribution in [3.63, 3.8) is 0 Å². The number of nitrogens with zero attached hydrogens (tertiary/aromatic N) is 3. The summed E-state index contributed by atoms with van der Waals surface area (Å²) in [5.41, 5.74) is 3.95. The summed E-state index contributed by atoms with van der Waals surface area (Å²) in [5, 5.41) is 1.67. The number of benzene rings is 1. The molecule has 1 N–H and O–H groups in total. The van der Waals surface area contributed by atoms with Gasteiger partial charge in [0.15, 0.2) is 0 Å². The fourth-order valence-electron chi connectivity index (χ4n) is 4.27. The number of halogens is 1. The average Bonchev–Trinajstić information content (AvgIpc) is 3.51. The Labute approximate surface area is 197 Å². The Morgan fingerprint density at radius 2 is 2.03 bits per heavy atom. The van der Waals surface area contributed by atoms with Crippen LogP contribution in [0.3, 0.4) is 0 Å². The average molecular weight is 467 g/mol. The first-order chi connectivity index (χ1) is 15.7. The molecule has 0 spiro atoms. The first-order valence-corrected chi connectivity index (χ1v) is 11.6. The number of pyridine rings is 1. The van der Waals surface area contributed by atoms with E-state index in [0.717, 1.165) is 27.8 Å². The minimum Gasteiger partial charge on any atom is -0.444 e. The standard InChI is InChI=1S/C25H27ClN4O3/c1-25(2,3)33-24(32)29-9-10-30(20(31)14-29)17-6-4-5-16(11-17)19-13-28-23-21(22(19)26)18(12-27-23)15-7-8-15/h4-6,11-13,15H,7-10,14H2,1-3H3,(H,27,28). The van der Waals surface area contributed by atoms with Crippen molar-refractivity contribution in [3.05, 3.63) is 47.2 Å². The Hall–Kier alpha value is -3.06. The van der Waals surface area contributed by atoms with Crippen molar-refractivity contribution in [3.8, 4) is 11.1 Å². The molecule has 8 heteroatoms. The zero-order valence-corrected chi connectivity index (χ0v) is 19.8. The van der Waals surface area contributed by atoms with E-state index in [-0.39, 0.29) is 12.5 Å². The number of nitrogens with one attached hydrogen (secondary N) is 1. The molecule has 0 bridgehead atoms. The number of aromatic nitrogens is 2. The first-order valence-electron chi connectivity index (χ1n) is 11.3. The van der Waals surface area contributed by atoms with E-state index in [0.29, 0.717) is 24.0 Å². The summed E-state index contributed by atoms with van der Waals surface area (Å²) in [5.74, 6) is 0.407. The van der Waals surface area contributed by atoms with Gasteiger partial charge < -0.3 is 14.6 Å². The fraction of sp³-hybridized carbons (Fsp3) is 0.400. The third kappa shape index (κ3) is 4.29. The van der Waals surface area contributed by atoms with Gasteiger partial charge in [0, 0.05) is 42.1 Å². The number of carbonyl (C=O) groups excluding carboxylic acids is 2. The second-order valence-corrected chi connectivity index (χ2v) is 10.1. The Morgan fingerprint density at radius 1 is 1.24 bits per heavy atom. The molecule has 5 rings (SSSR count). The fourth-order valence-corrected chi connectivity index (χ4v) is 4.62. The van der Waals surface area contributed by atoms with Crippen LogP contribution in [0.4, 0.5) is 10.5 Å². The van der Waals surface area contributed by atoms with Crippen LogP contribution in [0.25, 0.3) is 22.2 Å². The summed E-state index contributed by atoms with van der Waals surface area (Å²) in [6.45, 7) is 6.23. The molecule has 3 heterocycles. The Kier molecular flexibility index (Phi) is 5.32. The lowest BCUT2D eigenvalue weighted by molar-refractivity contribution is -0.121. The molecular formula is C25H27ClN4O3. The van der Waals surface area contributed by atoms with Crippen molar-refractivity contribution in [2.45, 2.75) is 45.1 Å². The molecular weight excluding hydrogens is 440 g/mol. The number of rotatable bonds is 3. The number of hydrogen-bond donors (Lipinski definition) is 1. The highest BCUT2D eigenvalue weighted by atomic mass is 35.5. The molecule has 2 aromatic heterocycles. The van der Waals surface area contributed by atoms with Crippen LogP contribution < -0.4 is 4.90 Å². The molecule has 1 aliphatic heterocycles. The van der Waals surface area contributed by atoms with Gasteiger partial charge in [0.05, 0.1) is 5.02 Å². The van der Waals surface area contributed by atoms with E-state index in [9.17, 15) is 9.59 Å². The maximum absolute atomic E-state index is 12.9. The summed E-state index contributed by atoms with van der Waals surface area (Å²) in [7, 11) is 0. The zero-order chi connectivity index (χ0) is 23.3. The zero-order valence-electron chi connectivity index (χ0n) is 19.0. The van der Waals surface area contributed by atoms with Crippen LogP contribution in [0, 0.1) is 0 Å². The second-order valence-electron chi connectivity index (χ2n) is 9.73. The third-order valence-corrected chi connectivity index (χ3v) is 6.42. The van der Waals surface area contributed by atoms with Crippen molar-refractivity contribution in [1.29, 1.82) is 0 Å². The maximum atomic E-state index is 12.9. The molecule has 2 fully saturated rings. The predicted octanol–water partition coefficient (Wildman–Crippen LogP) is 5.34. The van der Waals surface area contributed by atoms with Crippen molar-refractivity contribution in [1.82, 2.24) is 14.9 Å². The number of piperazine rings is 1. The minimum absolute atomic E-state index is 0.0124. The van der Waals surface area contributed by atoms with Crippen molar-refractivity contribution < 1.29 is 14.3 Å². The molecule has 2 aliphatic rings. The van der Waals surface area contributed by atoms with E-state index in [1.165, 1.54) is 23.3 Å². The Morgan fingerprint density at radius 3 is 2.73 bits per heavy atom. The molecule has 2 amide bonds. The molecule has 1 saturated heterocycles. The number of amides is 2. The summed E-state index contributed by atoms with van der Waals surface area (Å²) in [4.78, 5) is 36.2. The van der Waals surface area contributed by atoms with Gasteiger partial charge in [-0.05, 0) is 62.8 Å². The minimum atomic E-state index is -0.598. The van der Waals surface area contributed by atoms with Gasteiger partial charge in [-0.3, -0.25) is 9.69 Å². The van der Waals surface area contributed by atoms with Gasteiger partial charge in [-0.15, -0.1) is 0 Å². The smallest absolute Gasteiger partial charge is 0.410 e. The molecule has 7 nitrogen and oxygen atoms in total. The highest BCUT2D eigenvalue weighted by Crippen LogP contribution is 2.46. The van der Waals surface area contributed by atoms with Crippen molar-refractivity contribution in [2.24, 2.45) is 0 Å². The van der Waals surface area contributed by atoms with Gasteiger partial charge in [-0.25, -0.2) is 9.78 Å². The maximum Gasteiger partial charge on any atom is 0.410 e. The number of carbonyl (C=O) groups is 2. The van der Waals surface area contributed by atoms with Gasteiger partial charge >= 0.3 is 6.09 Å². The summed E-state index contributed by atoms with van der Waals surface area (Å²) < 4.78 is 5.41. The van der Waals surface area contributed by atoms with Gasteiger partial charge in [0.25, 0.3) is 0 Å². The quantitative estimate of drug-likeness (QED) is 0.564. The molecule has 0 unspecified atom stereocenters. The lowest BCUT2D eigenvalue weighted by atomic mass is 10.0. The molecule has 0 radical (unpaired) electrons. The number of aromatic amines is 1. The predicted molar refractivity (Wildman–Crippen MR) is 129 cm³/mol. The van der Waals surface area contributed by atoms with E-state index in [4.69, 9.17) is 16.3 Å². The van der Waals surface area contributed by atoms with Gasteiger partial charge in [-0.2, -0.15) is 0 Å². The highest BCUT2D eigenvalue weighted by Gasteiger charge is 2.31. The van der Waals surface area contributed by atoms with Crippen LogP contribution in [0.5, 0.6) is 0 Å². The van der Waals surface area contributed by atoms with Crippen molar-refractivity contribution in [2.75, 3.05) is 24.5 Å². The van der Waals surface area contributed by atoms with E-state index < -0.39 is 11.7 Å². The lowest BCUT2D eigenvalue weighted by Crippen LogP contribution is -2.53. The summed E-state index contributed by atoms with van der Waals surface area (Å²) in [6.07, 6.45) is 5.69. The summed E-state index contributed by atoms with van der Waals surface area (Å²) >= 11 is 6.87. The molecule has 3 aromatic rings. The lowest BCUT2D eigenvalue weighted by Gasteiger charge is -2.35. The SMILES string of the molecule is CC(C)(C)OC(=O)N1CCN(c2cccc(-c3cnc4[nH]cc(C5CC5)c4c3Cl)c2)C(=O)C1. The van der Waals surface area contributed by atoms with E-state index in [1.807, 2.05) is 51.2 Å². The molecule has 0 atom stereocenters. The number of ether oxygens (including phenoxy) is 1. The third-order valence-electron chi connectivity index (χ3n) is 6.03. The van der Waals surface area contributed by atoms with Crippen molar-refractivity contribution >= 4 is 40.3 Å². The number of anilines is 1. The molecule has 1 aromatic carbocycles. The molecule has 33 heavy (non-hydrogen) atoms. The number of fused-ring (bicyclic) bond motifs is 1. The molecule has 172 valence electrons. The van der Waals surface area contributed by atoms with Gasteiger partial charge in [-0.1, -0.05) is 23.7 Å². The van der Waals surface area contributed by atoms with Crippen LogP contribution in [0.1, 0.15) is 45.1 Å². The normalized spacial score (nSPS) is 17.0.